The lowest BCUT2D eigenvalue weighted by atomic mass is 10.0. The van der Waals surface area contributed by atoms with Crippen LogP contribution in [-0.4, -0.2) is 52.8 Å². The Morgan fingerprint density at radius 3 is 2.48 bits per heavy atom. The molecule has 1 aliphatic carbocycles. The number of aryl methyl sites for hydroxylation is 2. The van der Waals surface area contributed by atoms with Gasteiger partial charge in [-0.2, -0.15) is 5.10 Å². The van der Waals surface area contributed by atoms with Gasteiger partial charge in [0.1, 0.15) is 0 Å². The van der Waals surface area contributed by atoms with Gasteiger partial charge in [0.25, 0.3) is 0 Å². The minimum Gasteiger partial charge on any atom is -0.322 e. The van der Waals surface area contributed by atoms with Gasteiger partial charge in [-0.15, -0.1) is 0 Å². The molecule has 1 saturated carbocycles. The summed E-state index contributed by atoms with van der Waals surface area (Å²) >= 11 is 0. The predicted molar refractivity (Wildman–Crippen MR) is 91.5 cm³/mol. The molecule has 23 heavy (non-hydrogen) atoms. The maximum atomic E-state index is 12.3. The van der Waals surface area contributed by atoms with E-state index < -0.39 is 0 Å². The molecule has 1 aliphatic heterocycles. The van der Waals surface area contributed by atoms with Crippen LogP contribution in [0.4, 0.5) is 5.69 Å². The number of rotatable bonds is 6. The summed E-state index contributed by atoms with van der Waals surface area (Å²) in [5.41, 5.74) is 2.73. The smallest absolute Gasteiger partial charge is 0.238 e. The van der Waals surface area contributed by atoms with Gasteiger partial charge in [0.15, 0.2) is 0 Å². The molecule has 0 spiro atoms. The van der Waals surface area contributed by atoms with Gasteiger partial charge in [-0.05, 0) is 52.0 Å². The number of hydrogen-bond donors (Lipinski definition) is 2. The molecule has 6 nitrogen and oxygen atoms in total. The molecule has 0 bridgehead atoms. The monoisotopic (exact) mass is 319 g/mol. The maximum absolute atomic E-state index is 12.3. The molecule has 2 heterocycles. The minimum absolute atomic E-state index is 0.0635. The van der Waals surface area contributed by atoms with Crippen molar-refractivity contribution in [2.75, 3.05) is 31.5 Å². The molecular formula is C17H29N5O. The summed E-state index contributed by atoms with van der Waals surface area (Å²) in [7, 11) is 1.90. The highest BCUT2D eigenvalue weighted by Crippen LogP contribution is 2.28. The predicted octanol–water partition coefficient (Wildman–Crippen LogP) is 1.44. The van der Waals surface area contributed by atoms with E-state index in [2.05, 4.69) is 20.6 Å². The first kappa shape index (κ1) is 16.5. The first-order valence-electron chi connectivity index (χ1n) is 8.78. The van der Waals surface area contributed by atoms with Crippen molar-refractivity contribution in [1.82, 2.24) is 20.0 Å². The number of anilines is 1. The second-order valence-electron chi connectivity index (χ2n) is 7.12. The molecule has 0 radical (unpaired) electrons. The molecule has 128 valence electrons. The molecule has 1 amide bonds. The summed E-state index contributed by atoms with van der Waals surface area (Å²) in [4.78, 5) is 14.5. The largest absolute Gasteiger partial charge is 0.322 e. The van der Waals surface area contributed by atoms with Crippen LogP contribution in [0.5, 0.6) is 0 Å². The molecule has 0 unspecified atom stereocenters. The molecule has 0 aromatic carbocycles. The molecule has 2 fully saturated rings. The summed E-state index contributed by atoms with van der Waals surface area (Å²) in [5.74, 6) is 0.998. The van der Waals surface area contributed by atoms with E-state index in [0.29, 0.717) is 12.6 Å². The normalized spacial score (nSPS) is 20.0. The third-order valence-electron chi connectivity index (χ3n) is 5.12. The highest BCUT2D eigenvalue weighted by molar-refractivity contribution is 5.93. The number of nitrogens with one attached hydrogen (secondary N) is 2. The van der Waals surface area contributed by atoms with Crippen molar-refractivity contribution in [3.8, 4) is 0 Å². The fourth-order valence-electron chi connectivity index (χ4n) is 3.29. The summed E-state index contributed by atoms with van der Waals surface area (Å²) < 4.78 is 1.81. The van der Waals surface area contributed by atoms with Gasteiger partial charge in [-0.3, -0.25) is 14.4 Å². The van der Waals surface area contributed by atoms with Crippen molar-refractivity contribution in [2.45, 2.75) is 45.6 Å². The number of nitrogens with zero attached hydrogens (tertiary/aromatic N) is 3. The highest BCUT2D eigenvalue weighted by atomic mass is 16.2. The van der Waals surface area contributed by atoms with Crippen molar-refractivity contribution in [2.24, 2.45) is 13.0 Å². The lowest BCUT2D eigenvalue weighted by molar-refractivity contribution is -0.117. The number of hydrogen-bond acceptors (Lipinski definition) is 4. The van der Waals surface area contributed by atoms with E-state index >= 15 is 0 Å². The minimum atomic E-state index is 0.0635. The second kappa shape index (κ2) is 7.01. The van der Waals surface area contributed by atoms with Gasteiger partial charge in [-0.1, -0.05) is 0 Å². The summed E-state index contributed by atoms with van der Waals surface area (Å²) in [6.07, 6.45) is 5.09. The maximum Gasteiger partial charge on any atom is 0.238 e. The van der Waals surface area contributed by atoms with Gasteiger partial charge in [0.05, 0.1) is 23.6 Å². The van der Waals surface area contributed by atoms with E-state index in [9.17, 15) is 4.79 Å². The first-order valence-corrected chi connectivity index (χ1v) is 8.78. The van der Waals surface area contributed by atoms with Crippen LogP contribution in [0.2, 0.25) is 0 Å². The fraction of sp³-hybridized carbons (Fsp3) is 0.765. The Labute approximate surface area is 138 Å². The quantitative estimate of drug-likeness (QED) is 0.833. The van der Waals surface area contributed by atoms with Crippen molar-refractivity contribution in [3.05, 3.63) is 11.4 Å². The topological polar surface area (TPSA) is 62.2 Å². The number of amides is 1. The zero-order valence-electron chi connectivity index (χ0n) is 14.6. The SMILES string of the molecule is Cc1nn(C)c(C)c1NC(=O)CN1CCC(NCC2CC2)CC1. The summed E-state index contributed by atoms with van der Waals surface area (Å²) in [6, 6.07) is 0.637. The zero-order chi connectivity index (χ0) is 16.4. The number of carbonyl (C=O) groups is 1. The Morgan fingerprint density at radius 2 is 1.91 bits per heavy atom. The Morgan fingerprint density at radius 1 is 1.22 bits per heavy atom. The Bertz CT molecular complexity index is 556. The van der Waals surface area contributed by atoms with Crippen LogP contribution < -0.4 is 10.6 Å². The number of likely N-dealkylation sites (tertiary alicyclic amines) is 1. The molecule has 2 N–H and O–H groups in total. The van der Waals surface area contributed by atoms with Crippen LogP contribution in [0.1, 0.15) is 37.1 Å². The Hall–Kier alpha value is -1.40. The molecule has 3 rings (SSSR count). The molecule has 1 aromatic rings. The van der Waals surface area contributed by atoms with Gasteiger partial charge in [0, 0.05) is 26.2 Å². The first-order chi connectivity index (χ1) is 11.0. The molecular weight excluding hydrogens is 290 g/mol. The van der Waals surface area contributed by atoms with Crippen LogP contribution in [0.15, 0.2) is 0 Å². The molecule has 1 aromatic heterocycles. The Balaban J connectivity index is 1.42. The number of piperidine rings is 1. The molecule has 6 heteroatoms. The molecule has 1 saturated heterocycles. The van der Waals surface area contributed by atoms with Crippen molar-refractivity contribution >= 4 is 11.6 Å². The third-order valence-corrected chi connectivity index (χ3v) is 5.12. The molecule has 0 atom stereocenters. The number of aromatic nitrogens is 2. The van der Waals surface area contributed by atoms with E-state index in [1.807, 2.05) is 25.6 Å². The molecule has 2 aliphatic rings. The average molecular weight is 319 g/mol. The van der Waals surface area contributed by atoms with E-state index in [0.717, 1.165) is 48.9 Å². The Kier molecular flexibility index (Phi) is 5.02. The van der Waals surface area contributed by atoms with E-state index in [1.165, 1.54) is 19.4 Å². The fourth-order valence-corrected chi connectivity index (χ4v) is 3.29. The van der Waals surface area contributed by atoms with Crippen molar-refractivity contribution < 1.29 is 4.79 Å². The van der Waals surface area contributed by atoms with E-state index in [1.54, 1.807) is 0 Å². The van der Waals surface area contributed by atoms with Gasteiger partial charge in [0.2, 0.25) is 5.91 Å². The highest BCUT2D eigenvalue weighted by Gasteiger charge is 2.25. The zero-order valence-corrected chi connectivity index (χ0v) is 14.6. The van der Waals surface area contributed by atoms with E-state index in [-0.39, 0.29) is 5.91 Å². The van der Waals surface area contributed by atoms with Gasteiger partial charge in [-0.25, -0.2) is 0 Å². The van der Waals surface area contributed by atoms with Crippen LogP contribution in [-0.2, 0) is 11.8 Å². The average Bonchev–Trinajstić information content (AvgIpc) is 3.31. The van der Waals surface area contributed by atoms with Crippen LogP contribution in [0.25, 0.3) is 0 Å². The third kappa shape index (κ3) is 4.32. The summed E-state index contributed by atoms with van der Waals surface area (Å²) in [6.45, 7) is 7.57. The van der Waals surface area contributed by atoms with Crippen LogP contribution in [0, 0.1) is 19.8 Å². The van der Waals surface area contributed by atoms with E-state index in [4.69, 9.17) is 0 Å². The standard InChI is InChI=1S/C17H29N5O/c1-12-17(13(2)21(3)20-12)19-16(23)11-22-8-6-15(7-9-22)18-10-14-4-5-14/h14-15,18H,4-11H2,1-3H3,(H,19,23). The summed E-state index contributed by atoms with van der Waals surface area (Å²) in [5, 5.41) is 11.0. The van der Waals surface area contributed by atoms with Gasteiger partial charge < -0.3 is 10.6 Å². The second-order valence-corrected chi connectivity index (χ2v) is 7.12. The van der Waals surface area contributed by atoms with Crippen molar-refractivity contribution in [3.63, 3.8) is 0 Å². The lowest BCUT2D eigenvalue weighted by Crippen LogP contribution is -2.45. The lowest BCUT2D eigenvalue weighted by Gasteiger charge is -2.32. The van der Waals surface area contributed by atoms with Crippen LogP contribution >= 0.6 is 0 Å². The number of carbonyl (C=O) groups excluding carboxylic acids is 1. The van der Waals surface area contributed by atoms with Crippen molar-refractivity contribution in [1.29, 1.82) is 0 Å². The van der Waals surface area contributed by atoms with Crippen LogP contribution in [0.3, 0.4) is 0 Å². The van der Waals surface area contributed by atoms with Gasteiger partial charge >= 0.3 is 0 Å².